The number of nitrogens with zero attached hydrogens (tertiary/aromatic N) is 1. The Kier molecular flexibility index (Phi) is 13.4. The van der Waals surface area contributed by atoms with Gasteiger partial charge in [0.05, 0.1) is 6.54 Å². The lowest BCUT2D eigenvalue weighted by atomic mass is 10.1. The fourth-order valence-electron chi connectivity index (χ4n) is 3.57. The number of alkyl halides is 3. The van der Waals surface area contributed by atoms with Crippen molar-refractivity contribution in [3.8, 4) is 11.5 Å². The molecule has 1 unspecified atom stereocenters. The first kappa shape index (κ1) is 31.4. The number of carboxylic acid groups (broad SMARTS) is 1. The van der Waals surface area contributed by atoms with Crippen LogP contribution in [0.1, 0.15) is 44.6 Å². The van der Waals surface area contributed by atoms with Crippen molar-refractivity contribution in [2.75, 3.05) is 26.3 Å². The van der Waals surface area contributed by atoms with Gasteiger partial charge in [-0.3, -0.25) is 0 Å². The summed E-state index contributed by atoms with van der Waals surface area (Å²) in [5, 5.41) is 9.24. The highest BCUT2D eigenvalue weighted by Crippen LogP contribution is 2.23. The summed E-state index contributed by atoms with van der Waals surface area (Å²) in [6.07, 6.45) is -4.67. The molecule has 2 aromatic carbocycles. The highest BCUT2D eigenvalue weighted by Gasteiger charge is 2.25. The summed E-state index contributed by atoms with van der Waals surface area (Å²) in [7, 11) is 0. The smallest absolute Gasteiger partial charge is 0.415 e. The minimum absolute atomic E-state index is 0.0593. The molecule has 0 fully saturated rings. The molecule has 1 atom stereocenters. The zero-order valence-electron chi connectivity index (χ0n) is 21.2. The van der Waals surface area contributed by atoms with E-state index in [1.165, 1.54) is 4.90 Å². The fraction of sp³-hybridized carbons (Fsp3) is 0.481. The molecule has 0 aliphatic heterocycles. The number of carbonyl (C=O) groups excluding carboxylic acids is 1. The van der Waals surface area contributed by atoms with Crippen LogP contribution in [0.2, 0.25) is 0 Å². The average Bonchev–Trinajstić information content (AvgIpc) is 2.86. The van der Waals surface area contributed by atoms with Gasteiger partial charge in [0, 0.05) is 30.5 Å². The summed E-state index contributed by atoms with van der Waals surface area (Å²) in [4.78, 5) is 25.5. The maximum absolute atomic E-state index is 12.8. The summed E-state index contributed by atoms with van der Waals surface area (Å²) in [6.45, 7) is 2.73. The molecule has 0 heterocycles. The molecule has 2 aromatic rings. The van der Waals surface area contributed by atoms with Crippen LogP contribution in [0.3, 0.4) is 0 Å². The molecule has 0 aliphatic carbocycles. The first-order valence-corrected chi connectivity index (χ1v) is 13.2. The van der Waals surface area contributed by atoms with Crippen molar-refractivity contribution in [3.05, 3.63) is 58.6 Å². The van der Waals surface area contributed by atoms with E-state index in [0.717, 1.165) is 10.0 Å². The van der Waals surface area contributed by atoms with E-state index in [4.69, 9.17) is 14.2 Å². The lowest BCUT2D eigenvalue weighted by Crippen LogP contribution is -2.37. The number of rotatable bonds is 16. The number of ether oxygens (including phenoxy) is 3. The second kappa shape index (κ2) is 16.2. The first-order valence-electron chi connectivity index (χ1n) is 12.4. The molecular formula is C27H33BrF3NO6. The Morgan fingerprint density at radius 3 is 2.18 bits per heavy atom. The second-order valence-electron chi connectivity index (χ2n) is 8.57. The van der Waals surface area contributed by atoms with Gasteiger partial charge in [0.15, 0.2) is 6.10 Å². The number of aliphatic carboxylic acids is 1. The van der Waals surface area contributed by atoms with Gasteiger partial charge in [-0.2, -0.15) is 13.2 Å². The predicted molar refractivity (Wildman–Crippen MR) is 140 cm³/mol. The molecule has 38 heavy (non-hydrogen) atoms. The maximum Gasteiger partial charge on any atom is 0.415 e. The summed E-state index contributed by atoms with van der Waals surface area (Å²) < 4.78 is 54.3. The Balaban J connectivity index is 1.89. The van der Waals surface area contributed by atoms with Gasteiger partial charge in [-0.25, -0.2) is 9.59 Å². The van der Waals surface area contributed by atoms with E-state index < -0.39 is 30.8 Å². The number of unbranched alkanes of at least 4 members (excludes halogenated alkanes) is 3. The molecule has 0 spiro atoms. The van der Waals surface area contributed by atoms with Gasteiger partial charge < -0.3 is 24.2 Å². The molecule has 2 rings (SSSR count). The van der Waals surface area contributed by atoms with Gasteiger partial charge in [0.1, 0.15) is 18.1 Å². The van der Waals surface area contributed by atoms with Crippen LogP contribution in [0.15, 0.2) is 53.0 Å². The van der Waals surface area contributed by atoms with Crippen molar-refractivity contribution in [1.82, 2.24) is 4.90 Å². The fourth-order valence-corrected chi connectivity index (χ4v) is 3.84. The molecule has 1 N–H and O–H groups in total. The highest BCUT2D eigenvalue weighted by molar-refractivity contribution is 9.10. The van der Waals surface area contributed by atoms with E-state index in [1.54, 1.807) is 55.5 Å². The molecule has 0 saturated heterocycles. The van der Waals surface area contributed by atoms with Crippen LogP contribution in [-0.2, 0) is 16.0 Å². The molecular weight excluding hydrogens is 571 g/mol. The Labute approximate surface area is 229 Å². The molecule has 11 heteroatoms. The van der Waals surface area contributed by atoms with Crippen LogP contribution in [0.25, 0.3) is 0 Å². The van der Waals surface area contributed by atoms with Gasteiger partial charge in [0.25, 0.3) is 0 Å². The predicted octanol–water partition coefficient (Wildman–Crippen LogP) is 6.87. The summed E-state index contributed by atoms with van der Waals surface area (Å²) in [5.41, 5.74) is 0.781. The van der Waals surface area contributed by atoms with Crippen molar-refractivity contribution >= 4 is 28.0 Å². The molecule has 0 aromatic heterocycles. The number of carboxylic acids is 1. The van der Waals surface area contributed by atoms with Crippen molar-refractivity contribution in [3.63, 3.8) is 0 Å². The Bertz CT molecular complexity index is 986. The first-order chi connectivity index (χ1) is 18.1. The van der Waals surface area contributed by atoms with E-state index in [0.29, 0.717) is 43.9 Å². The molecule has 1 amide bonds. The normalized spacial score (nSPS) is 12.1. The van der Waals surface area contributed by atoms with E-state index in [9.17, 15) is 27.9 Å². The van der Waals surface area contributed by atoms with Crippen LogP contribution in [0.5, 0.6) is 11.5 Å². The number of hydrogen-bond acceptors (Lipinski definition) is 5. The molecule has 7 nitrogen and oxygen atoms in total. The van der Waals surface area contributed by atoms with Gasteiger partial charge in [-0.05, 0) is 61.7 Å². The highest BCUT2D eigenvalue weighted by atomic mass is 79.9. The van der Waals surface area contributed by atoms with Crippen LogP contribution in [0, 0.1) is 0 Å². The molecule has 0 aliphatic rings. The van der Waals surface area contributed by atoms with E-state index in [-0.39, 0.29) is 26.0 Å². The SMILES string of the molecule is CCOC(Cc1ccc(OCCN(CCCCCCC(F)(F)F)C(=O)Oc2ccc(Br)cc2)cc1)C(=O)O. The standard InChI is InChI=1S/C27H33BrF3NO6/c1-2-36-24(25(33)34)19-20-7-11-22(12-8-20)37-18-17-32(16-6-4-3-5-15-27(29,30)31)26(35)38-23-13-9-21(28)10-14-23/h7-14,24H,2-6,15-19H2,1H3,(H,33,34). The number of amides is 1. The van der Waals surface area contributed by atoms with E-state index in [1.807, 2.05) is 0 Å². The van der Waals surface area contributed by atoms with Crippen LogP contribution >= 0.6 is 15.9 Å². The lowest BCUT2D eigenvalue weighted by Gasteiger charge is -2.22. The monoisotopic (exact) mass is 603 g/mol. The number of hydrogen-bond donors (Lipinski definition) is 1. The van der Waals surface area contributed by atoms with Gasteiger partial charge >= 0.3 is 18.2 Å². The number of carbonyl (C=O) groups is 2. The minimum Gasteiger partial charge on any atom is -0.492 e. The topological polar surface area (TPSA) is 85.3 Å². The van der Waals surface area contributed by atoms with E-state index in [2.05, 4.69) is 15.9 Å². The summed E-state index contributed by atoms with van der Waals surface area (Å²) >= 11 is 3.32. The quantitative estimate of drug-likeness (QED) is 0.211. The maximum atomic E-state index is 12.8. The minimum atomic E-state index is -4.16. The molecule has 0 radical (unpaired) electrons. The molecule has 210 valence electrons. The molecule has 0 saturated carbocycles. The second-order valence-corrected chi connectivity index (χ2v) is 9.48. The Morgan fingerprint density at radius 1 is 0.947 bits per heavy atom. The Morgan fingerprint density at radius 2 is 1.58 bits per heavy atom. The van der Waals surface area contributed by atoms with Crippen molar-refractivity contribution in [2.45, 2.75) is 57.7 Å². The zero-order chi connectivity index (χ0) is 28.0. The van der Waals surface area contributed by atoms with Gasteiger partial charge in [-0.1, -0.05) is 40.9 Å². The third kappa shape index (κ3) is 12.6. The van der Waals surface area contributed by atoms with E-state index >= 15 is 0 Å². The third-order valence-corrected chi connectivity index (χ3v) is 6.06. The van der Waals surface area contributed by atoms with Gasteiger partial charge in [-0.15, -0.1) is 0 Å². The van der Waals surface area contributed by atoms with Crippen molar-refractivity contribution in [2.24, 2.45) is 0 Å². The number of halogens is 4. The van der Waals surface area contributed by atoms with Crippen LogP contribution < -0.4 is 9.47 Å². The van der Waals surface area contributed by atoms with Crippen LogP contribution in [0.4, 0.5) is 18.0 Å². The largest absolute Gasteiger partial charge is 0.492 e. The van der Waals surface area contributed by atoms with Crippen LogP contribution in [-0.4, -0.2) is 60.7 Å². The average molecular weight is 604 g/mol. The Hall–Kier alpha value is -2.79. The molecule has 0 bridgehead atoms. The zero-order valence-corrected chi connectivity index (χ0v) is 22.8. The lowest BCUT2D eigenvalue weighted by molar-refractivity contribution is -0.150. The summed E-state index contributed by atoms with van der Waals surface area (Å²) in [5.74, 6) is -0.107. The van der Waals surface area contributed by atoms with Gasteiger partial charge in [0.2, 0.25) is 0 Å². The van der Waals surface area contributed by atoms with Crippen molar-refractivity contribution < 1.29 is 42.1 Å². The number of benzene rings is 2. The van der Waals surface area contributed by atoms with Crippen molar-refractivity contribution in [1.29, 1.82) is 0 Å². The third-order valence-electron chi connectivity index (χ3n) is 5.53. The summed E-state index contributed by atoms with van der Waals surface area (Å²) in [6, 6.07) is 13.7.